The summed E-state index contributed by atoms with van der Waals surface area (Å²) in [6.07, 6.45) is 3.32. The average molecular weight is 574 g/mol. The van der Waals surface area contributed by atoms with Crippen molar-refractivity contribution in [2.75, 3.05) is 19.7 Å². The van der Waals surface area contributed by atoms with E-state index in [1.54, 1.807) is 12.1 Å². The maximum atomic E-state index is 6.13. The highest BCUT2D eigenvalue weighted by atomic mass is 127. The van der Waals surface area contributed by atoms with Crippen LogP contribution in [0.15, 0.2) is 17.1 Å². The lowest BCUT2D eigenvalue weighted by atomic mass is 10.2. The summed E-state index contributed by atoms with van der Waals surface area (Å²) in [4.78, 5) is 4.60. The van der Waals surface area contributed by atoms with Crippen molar-refractivity contribution < 1.29 is 4.74 Å². The van der Waals surface area contributed by atoms with Gasteiger partial charge in [0.1, 0.15) is 19.0 Å². The number of nitrogens with one attached hydrogen (secondary N) is 2. The molecule has 1 aromatic carbocycles. The molecule has 1 aliphatic rings. The maximum absolute atomic E-state index is 6.13. The van der Waals surface area contributed by atoms with Crippen LogP contribution >= 0.6 is 58.8 Å². The van der Waals surface area contributed by atoms with E-state index in [1.807, 2.05) is 6.92 Å². The van der Waals surface area contributed by atoms with E-state index in [0.717, 1.165) is 37.6 Å². The summed E-state index contributed by atoms with van der Waals surface area (Å²) in [5.74, 6) is 3.06. The third-order valence-electron chi connectivity index (χ3n) is 4.26. The molecular weight excluding hydrogens is 550 g/mol. The van der Waals surface area contributed by atoms with E-state index in [4.69, 9.17) is 39.5 Å². The van der Waals surface area contributed by atoms with Gasteiger partial charge in [-0.05, 0) is 31.9 Å². The van der Waals surface area contributed by atoms with E-state index >= 15 is 0 Å². The van der Waals surface area contributed by atoms with Crippen LogP contribution in [0.25, 0.3) is 0 Å². The molecular formula is C18H24Cl3IN6O. The van der Waals surface area contributed by atoms with Gasteiger partial charge < -0.3 is 19.9 Å². The average Bonchev–Trinajstić information content (AvgIpc) is 3.08. The number of guanidine groups is 1. The molecule has 0 bridgehead atoms. The van der Waals surface area contributed by atoms with Crippen molar-refractivity contribution in [1.82, 2.24) is 25.4 Å². The van der Waals surface area contributed by atoms with Crippen LogP contribution in [0.3, 0.4) is 0 Å². The first-order chi connectivity index (χ1) is 13.6. The minimum absolute atomic E-state index is 0. The van der Waals surface area contributed by atoms with Crippen LogP contribution in [0.4, 0.5) is 0 Å². The summed E-state index contributed by atoms with van der Waals surface area (Å²) in [5.41, 5.74) is 0. The third kappa shape index (κ3) is 6.77. The predicted octanol–water partition coefficient (Wildman–Crippen LogP) is 4.33. The second-order valence-electron chi connectivity index (χ2n) is 6.31. The quantitative estimate of drug-likeness (QED) is 0.223. The molecule has 0 fully saturated rings. The van der Waals surface area contributed by atoms with E-state index in [1.165, 1.54) is 6.42 Å². The molecule has 11 heteroatoms. The van der Waals surface area contributed by atoms with Crippen molar-refractivity contribution in [3.8, 4) is 5.75 Å². The Balaban J connectivity index is 0.00000300. The highest BCUT2D eigenvalue weighted by molar-refractivity contribution is 14.0. The number of ether oxygens (including phenoxy) is 1. The van der Waals surface area contributed by atoms with Crippen LogP contribution in [-0.2, 0) is 19.5 Å². The molecule has 0 saturated heterocycles. The number of hydrogen-bond acceptors (Lipinski definition) is 4. The fourth-order valence-corrected chi connectivity index (χ4v) is 3.89. The zero-order valence-electron chi connectivity index (χ0n) is 16.1. The number of aryl methyl sites for hydroxylation is 1. The number of benzene rings is 1. The fraction of sp³-hybridized carbons (Fsp3) is 0.500. The largest absolute Gasteiger partial charge is 0.489 e. The fourth-order valence-electron chi connectivity index (χ4n) is 2.97. The van der Waals surface area contributed by atoms with Gasteiger partial charge in [-0.3, -0.25) is 0 Å². The van der Waals surface area contributed by atoms with Gasteiger partial charge in [0.15, 0.2) is 17.5 Å². The van der Waals surface area contributed by atoms with Gasteiger partial charge in [-0.15, -0.1) is 34.2 Å². The molecule has 2 heterocycles. The summed E-state index contributed by atoms with van der Waals surface area (Å²) in [7, 11) is 0. The second kappa shape index (κ2) is 12.0. The standard InChI is InChI=1S/C18H23Cl3N6O.HI/c1-2-22-18(24-11-16-26-25-15-5-3-4-7-27(15)16)23-6-8-28-17-13(20)9-12(19)10-14(17)21;/h9-10H,2-8,11H2,1H3,(H2,22,23,24);1H. The molecule has 0 unspecified atom stereocenters. The Hall–Kier alpha value is -0.970. The van der Waals surface area contributed by atoms with E-state index < -0.39 is 0 Å². The summed E-state index contributed by atoms with van der Waals surface area (Å²) < 4.78 is 7.85. The van der Waals surface area contributed by atoms with Crippen molar-refractivity contribution >= 4 is 64.7 Å². The molecule has 160 valence electrons. The lowest BCUT2D eigenvalue weighted by Crippen LogP contribution is -2.39. The molecule has 0 atom stereocenters. The van der Waals surface area contributed by atoms with Crippen molar-refractivity contribution in [1.29, 1.82) is 0 Å². The summed E-state index contributed by atoms with van der Waals surface area (Å²) in [6, 6.07) is 3.20. The number of aromatic nitrogens is 3. The normalized spacial score (nSPS) is 13.4. The Kier molecular flexibility index (Phi) is 10.1. The van der Waals surface area contributed by atoms with Crippen LogP contribution < -0.4 is 15.4 Å². The topological polar surface area (TPSA) is 76.4 Å². The van der Waals surface area contributed by atoms with Crippen LogP contribution in [0.1, 0.15) is 31.4 Å². The van der Waals surface area contributed by atoms with Crippen molar-refractivity contribution in [3.05, 3.63) is 38.8 Å². The minimum atomic E-state index is 0. The molecule has 0 saturated carbocycles. The van der Waals surface area contributed by atoms with Crippen LogP contribution in [-0.4, -0.2) is 40.4 Å². The molecule has 1 aromatic heterocycles. The Bertz CT molecular complexity index is 822. The van der Waals surface area contributed by atoms with Crippen molar-refractivity contribution in [2.45, 2.75) is 39.3 Å². The first kappa shape index (κ1) is 24.3. The number of halogens is 4. The first-order valence-electron chi connectivity index (χ1n) is 9.29. The van der Waals surface area contributed by atoms with Crippen molar-refractivity contribution in [2.24, 2.45) is 4.99 Å². The smallest absolute Gasteiger partial charge is 0.191 e. The van der Waals surface area contributed by atoms with E-state index in [0.29, 0.717) is 46.5 Å². The van der Waals surface area contributed by atoms with Gasteiger partial charge in [0.2, 0.25) is 0 Å². The zero-order valence-corrected chi connectivity index (χ0v) is 20.6. The molecule has 7 nitrogen and oxygen atoms in total. The molecule has 0 spiro atoms. The Morgan fingerprint density at radius 1 is 1.17 bits per heavy atom. The SMILES string of the molecule is CCNC(=NCc1nnc2n1CCCC2)NCCOc1c(Cl)cc(Cl)cc1Cl.I. The van der Waals surface area contributed by atoms with Gasteiger partial charge >= 0.3 is 0 Å². The van der Waals surface area contributed by atoms with Gasteiger partial charge in [0.25, 0.3) is 0 Å². The Labute approximate surface area is 202 Å². The number of hydrogen-bond donors (Lipinski definition) is 2. The Morgan fingerprint density at radius 3 is 2.66 bits per heavy atom. The van der Waals surface area contributed by atoms with Crippen LogP contribution in [0, 0.1) is 0 Å². The summed E-state index contributed by atoms with van der Waals surface area (Å²) in [5, 5.41) is 16.2. The van der Waals surface area contributed by atoms with Gasteiger partial charge in [0, 0.05) is 24.5 Å². The molecule has 29 heavy (non-hydrogen) atoms. The van der Waals surface area contributed by atoms with Gasteiger partial charge in [-0.1, -0.05) is 34.8 Å². The highest BCUT2D eigenvalue weighted by Gasteiger charge is 2.15. The van der Waals surface area contributed by atoms with Gasteiger partial charge in [0.05, 0.1) is 16.6 Å². The highest BCUT2D eigenvalue weighted by Crippen LogP contribution is 2.35. The monoisotopic (exact) mass is 572 g/mol. The van der Waals surface area contributed by atoms with Crippen LogP contribution in [0.2, 0.25) is 15.1 Å². The molecule has 0 aliphatic carbocycles. The molecule has 2 aromatic rings. The lowest BCUT2D eigenvalue weighted by Gasteiger charge is -2.15. The zero-order chi connectivity index (χ0) is 19.9. The first-order valence-corrected chi connectivity index (χ1v) is 10.4. The summed E-state index contributed by atoms with van der Waals surface area (Å²) >= 11 is 18.2. The maximum Gasteiger partial charge on any atom is 0.191 e. The van der Waals surface area contributed by atoms with Gasteiger partial charge in [-0.2, -0.15) is 0 Å². The number of nitrogens with zero attached hydrogens (tertiary/aromatic N) is 4. The molecule has 0 amide bonds. The third-order valence-corrected chi connectivity index (χ3v) is 5.04. The number of fused-ring (bicyclic) bond motifs is 1. The van der Waals surface area contributed by atoms with Gasteiger partial charge in [-0.25, -0.2) is 4.99 Å². The van der Waals surface area contributed by atoms with E-state index in [2.05, 4.69) is 30.4 Å². The molecule has 3 rings (SSSR count). The van der Waals surface area contributed by atoms with E-state index in [-0.39, 0.29) is 24.0 Å². The van der Waals surface area contributed by atoms with E-state index in [9.17, 15) is 0 Å². The molecule has 2 N–H and O–H groups in total. The van der Waals surface area contributed by atoms with Crippen molar-refractivity contribution in [3.63, 3.8) is 0 Å². The number of aliphatic imine (C=N–C) groups is 1. The summed E-state index contributed by atoms with van der Waals surface area (Å²) in [6.45, 7) is 5.09. The predicted molar refractivity (Wildman–Crippen MR) is 128 cm³/mol. The lowest BCUT2D eigenvalue weighted by molar-refractivity contribution is 0.322. The minimum Gasteiger partial charge on any atom is -0.489 e. The molecule has 0 radical (unpaired) electrons. The molecule has 1 aliphatic heterocycles. The van der Waals surface area contributed by atoms with Crippen LogP contribution in [0.5, 0.6) is 5.75 Å². The number of rotatable bonds is 7. The Morgan fingerprint density at radius 2 is 1.93 bits per heavy atom. The second-order valence-corrected chi connectivity index (χ2v) is 7.56.